The van der Waals surface area contributed by atoms with Gasteiger partial charge < -0.3 is 15.3 Å². The van der Waals surface area contributed by atoms with Crippen molar-refractivity contribution in [3.05, 3.63) is 35.9 Å². The van der Waals surface area contributed by atoms with E-state index in [1.165, 1.54) is 12.0 Å². The lowest BCUT2D eigenvalue weighted by Gasteiger charge is -2.34. The summed E-state index contributed by atoms with van der Waals surface area (Å²) in [6.45, 7) is 7.03. The Morgan fingerprint density at radius 3 is 2.75 bits per heavy atom. The molecule has 0 bridgehead atoms. The van der Waals surface area contributed by atoms with Gasteiger partial charge in [0, 0.05) is 31.7 Å². The Balaban J connectivity index is 2.03. The van der Waals surface area contributed by atoms with Gasteiger partial charge in [-0.05, 0) is 37.9 Å². The zero-order valence-electron chi connectivity index (χ0n) is 12.8. The average Bonchev–Trinajstić information content (AvgIpc) is 2.87. The van der Waals surface area contributed by atoms with Crippen molar-refractivity contribution in [3.63, 3.8) is 0 Å². The molecule has 0 spiro atoms. The Morgan fingerprint density at radius 2 is 2.10 bits per heavy atom. The van der Waals surface area contributed by atoms with Crippen LogP contribution in [0.4, 0.5) is 0 Å². The minimum Gasteiger partial charge on any atom is -0.396 e. The molecule has 1 aliphatic heterocycles. The van der Waals surface area contributed by atoms with Crippen molar-refractivity contribution < 1.29 is 5.11 Å². The van der Waals surface area contributed by atoms with Crippen LogP contribution < -0.4 is 5.32 Å². The highest BCUT2D eigenvalue weighted by Gasteiger charge is 2.31. The Morgan fingerprint density at radius 1 is 1.35 bits per heavy atom. The predicted octanol–water partition coefficient (Wildman–Crippen LogP) is 1.87. The van der Waals surface area contributed by atoms with E-state index in [9.17, 15) is 0 Å². The standard InChI is InChI=1S/C17H28N2O/c1-17(13-18-2,16-6-4-3-5-7-16)14-19-10-8-15(12-19)9-11-20/h3-7,15,18,20H,8-14H2,1-2H3. The van der Waals surface area contributed by atoms with Crippen LogP contribution in [0.25, 0.3) is 0 Å². The average molecular weight is 276 g/mol. The van der Waals surface area contributed by atoms with E-state index in [1.54, 1.807) is 0 Å². The third-order valence-electron chi connectivity index (χ3n) is 4.52. The molecule has 2 rings (SSSR count). The first-order chi connectivity index (χ1) is 9.68. The first-order valence-corrected chi connectivity index (χ1v) is 7.71. The van der Waals surface area contributed by atoms with Crippen molar-refractivity contribution in [1.82, 2.24) is 10.2 Å². The van der Waals surface area contributed by atoms with Crippen molar-refractivity contribution in [1.29, 1.82) is 0 Å². The van der Waals surface area contributed by atoms with Gasteiger partial charge in [-0.2, -0.15) is 0 Å². The smallest absolute Gasteiger partial charge is 0.0434 e. The van der Waals surface area contributed by atoms with Crippen LogP contribution in [0.2, 0.25) is 0 Å². The summed E-state index contributed by atoms with van der Waals surface area (Å²) in [5.74, 6) is 0.676. The molecule has 112 valence electrons. The second-order valence-corrected chi connectivity index (χ2v) is 6.36. The first kappa shape index (κ1) is 15.5. The second kappa shape index (κ2) is 7.21. The molecular formula is C17H28N2O. The molecule has 3 heteroatoms. The Kier molecular flexibility index (Phi) is 5.58. The van der Waals surface area contributed by atoms with E-state index in [2.05, 4.69) is 47.5 Å². The van der Waals surface area contributed by atoms with Gasteiger partial charge in [0.15, 0.2) is 0 Å². The number of hydrogen-bond donors (Lipinski definition) is 2. The maximum atomic E-state index is 9.08. The predicted molar refractivity (Wildman–Crippen MR) is 84.0 cm³/mol. The fourth-order valence-corrected chi connectivity index (χ4v) is 3.45. The maximum absolute atomic E-state index is 9.08. The SMILES string of the molecule is CNCC(C)(CN1CCC(CCO)C1)c1ccccc1. The van der Waals surface area contributed by atoms with Crippen molar-refractivity contribution in [2.24, 2.45) is 5.92 Å². The van der Waals surface area contributed by atoms with Crippen molar-refractivity contribution in [2.45, 2.75) is 25.2 Å². The minimum absolute atomic E-state index is 0.143. The Labute approximate surface area is 123 Å². The topological polar surface area (TPSA) is 35.5 Å². The van der Waals surface area contributed by atoms with Gasteiger partial charge in [-0.1, -0.05) is 37.3 Å². The van der Waals surface area contributed by atoms with Gasteiger partial charge in [0.05, 0.1) is 0 Å². The highest BCUT2D eigenvalue weighted by Crippen LogP contribution is 2.28. The molecule has 1 aromatic carbocycles. The summed E-state index contributed by atoms with van der Waals surface area (Å²) >= 11 is 0. The van der Waals surface area contributed by atoms with Crippen molar-refractivity contribution in [3.8, 4) is 0 Å². The highest BCUT2D eigenvalue weighted by molar-refractivity contribution is 5.25. The number of nitrogens with one attached hydrogen (secondary N) is 1. The van der Waals surface area contributed by atoms with Gasteiger partial charge in [-0.3, -0.25) is 0 Å². The van der Waals surface area contributed by atoms with E-state index < -0.39 is 0 Å². The lowest BCUT2D eigenvalue weighted by Crippen LogP contribution is -2.44. The summed E-state index contributed by atoms with van der Waals surface area (Å²) in [7, 11) is 2.03. The molecule has 3 nitrogen and oxygen atoms in total. The molecule has 1 saturated heterocycles. The molecule has 0 aliphatic carbocycles. The molecule has 1 heterocycles. The Bertz CT molecular complexity index is 395. The number of aliphatic hydroxyl groups is 1. The lowest BCUT2D eigenvalue weighted by atomic mass is 9.82. The normalized spacial score (nSPS) is 22.9. The number of nitrogens with zero attached hydrogens (tertiary/aromatic N) is 1. The number of aliphatic hydroxyl groups excluding tert-OH is 1. The van der Waals surface area contributed by atoms with Gasteiger partial charge >= 0.3 is 0 Å². The zero-order chi connectivity index (χ0) is 14.4. The van der Waals surface area contributed by atoms with Crippen LogP contribution in [0.3, 0.4) is 0 Å². The van der Waals surface area contributed by atoms with Gasteiger partial charge in [0.1, 0.15) is 0 Å². The molecule has 0 saturated carbocycles. The third-order valence-corrected chi connectivity index (χ3v) is 4.52. The number of rotatable bonds is 7. The molecule has 2 unspecified atom stereocenters. The van der Waals surface area contributed by atoms with Gasteiger partial charge in [-0.15, -0.1) is 0 Å². The first-order valence-electron chi connectivity index (χ1n) is 7.71. The molecule has 1 aromatic rings. The molecule has 2 N–H and O–H groups in total. The minimum atomic E-state index is 0.143. The van der Waals surface area contributed by atoms with Crippen LogP contribution in [0.15, 0.2) is 30.3 Å². The molecule has 0 aromatic heterocycles. The zero-order valence-corrected chi connectivity index (χ0v) is 12.8. The van der Waals surface area contributed by atoms with Crippen LogP contribution in [0.1, 0.15) is 25.3 Å². The molecule has 0 amide bonds. The van der Waals surface area contributed by atoms with Crippen LogP contribution in [-0.4, -0.2) is 49.8 Å². The fraction of sp³-hybridized carbons (Fsp3) is 0.647. The summed E-state index contributed by atoms with van der Waals surface area (Å²) in [5, 5.41) is 12.4. The lowest BCUT2D eigenvalue weighted by molar-refractivity contribution is 0.228. The van der Waals surface area contributed by atoms with Crippen molar-refractivity contribution in [2.75, 3.05) is 39.8 Å². The van der Waals surface area contributed by atoms with Crippen LogP contribution in [0, 0.1) is 5.92 Å². The second-order valence-electron chi connectivity index (χ2n) is 6.36. The largest absolute Gasteiger partial charge is 0.396 e. The number of benzene rings is 1. The van der Waals surface area contributed by atoms with E-state index in [-0.39, 0.29) is 5.41 Å². The van der Waals surface area contributed by atoms with Gasteiger partial charge in [-0.25, -0.2) is 0 Å². The van der Waals surface area contributed by atoms with E-state index in [4.69, 9.17) is 5.11 Å². The van der Waals surface area contributed by atoms with E-state index >= 15 is 0 Å². The molecule has 2 atom stereocenters. The summed E-state index contributed by atoms with van der Waals surface area (Å²) < 4.78 is 0. The number of likely N-dealkylation sites (N-methyl/N-ethyl adjacent to an activating group) is 1. The van der Waals surface area contributed by atoms with Crippen LogP contribution >= 0.6 is 0 Å². The third kappa shape index (κ3) is 3.81. The molecular weight excluding hydrogens is 248 g/mol. The van der Waals surface area contributed by atoms with Crippen LogP contribution in [0.5, 0.6) is 0 Å². The van der Waals surface area contributed by atoms with Crippen molar-refractivity contribution >= 4 is 0 Å². The number of likely N-dealkylation sites (tertiary alicyclic amines) is 1. The quantitative estimate of drug-likeness (QED) is 0.798. The molecule has 1 aliphatic rings. The van der Waals surface area contributed by atoms with Gasteiger partial charge in [0.2, 0.25) is 0 Å². The molecule has 0 radical (unpaired) electrons. The molecule has 20 heavy (non-hydrogen) atoms. The summed E-state index contributed by atoms with van der Waals surface area (Å²) in [6, 6.07) is 10.8. The fourth-order valence-electron chi connectivity index (χ4n) is 3.45. The summed E-state index contributed by atoms with van der Waals surface area (Å²) in [5.41, 5.74) is 1.55. The number of hydrogen-bond acceptors (Lipinski definition) is 3. The monoisotopic (exact) mass is 276 g/mol. The van der Waals surface area contributed by atoms with E-state index in [1.807, 2.05) is 7.05 Å². The van der Waals surface area contributed by atoms with Crippen LogP contribution in [-0.2, 0) is 5.41 Å². The van der Waals surface area contributed by atoms with E-state index in [0.29, 0.717) is 12.5 Å². The summed E-state index contributed by atoms with van der Waals surface area (Å²) in [6.07, 6.45) is 2.18. The van der Waals surface area contributed by atoms with E-state index in [0.717, 1.165) is 32.6 Å². The Hall–Kier alpha value is -0.900. The van der Waals surface area contributed by atoms with Gasteiger partial charge in [0.25, 0.3) is 0 Å². The highest BCUT2D eigenvalue weighted by atomic mass is 16.3. The molecule has 1 fully saturated rings. The maximum Gasteiger partial charge on any atom is 0.0434 e. The summed E-state index contributed by atoms with van der Waals surface area (Å²) in [4.78, 5) is 2.56.